The first-order valence-corrected chi connectivity index (χ1v) is 8.46. The summed E-state index contributed by atoms with van der Waals surface area (Å²) < 4.78 is 4.85. The summed E-state index contributed by atoms with van der Waals surface area (Å²) in [6.45, 7) is 2.07. The maximum Gasteiger partial charge on any atom is 0.311 e. The minimum Gasteiger partial charge on any atom is -0.466 e. The molecular weight excluding hydrogens is 359 g/mol. The molecule has 0 fully saturated rings. The number of hydrogen-bond acceptors (Lipinski definition) is 5. The minimum absolute atomic E-state index is 0.0469. The van der Waals surface area contributed by atoms with Crippen LogP contribution in [0.25, 0.3) is 0 Å². The standard InChI is InChI=1S/C15H14Cl2N2O3S/c1-2-22-14(21)6-9-8-23-15(18-9)19-13(20)7-10-11(16)4-3-5-12(10)17/h3-5,8H,2,6-7H2,1H3,(H,18,19,20). The van der Waals surface area contributed by atoms with Crippen LogP contribution in [-0.2, 0) is 27.2 Å². The summed E-state index contributed by atoms with van der Waals surface area (Å²) in [6.07, 6.45) is 0.127. The Labute approximate surface area is 147 Å². The number of carbonyl (C=O) groups is 2. The maximum absolute atomic E-state index is 12.1. The molecule has 0 bridgehead atoms. The molecule has 0 aliphatic carbocycles. The second-order valence-electron chi connectivity index (χ2n) is 4.55. The van der Waals surface area contributed by atoms with Crippen molar-refractivity contribution in [2.24, 2.45) is 0 Å². The Bertz CT molecular complexity index is 698. The van der Waals surface area contributed by atoms with Gasteiger partial charge in [-0.3, -0.25) is 9.59 Å². The SMILES string of the molecule is CCOC(=O)Cc1csc(NC(=O)Cc2c(Cl)cccc2Cl)n1. The molecule has 5 nitrogen and oxygen atoms in total. The van der Waals surface area contributed by atoms with Gasteiger partial charge in [0.15, 0.2) is 5.13 Å². The van der Waals surface area contributed by atoms with Crippen LogP contribution in [0, 0.1) is 0 Å². The lowest BCUT2D eigenvalue weighted by molar-refractivity contribution is -0.142. The van der Waals surface area contributed by atoms with E-state index in [-0.39, 0.29) is 24.7 Å². The molecule has 1 aromatic heterocycles. The van der Waals surface area contributed by atoms with Crippen LogP contribution in [0.2, 0.25) is 10.0 Å². The van der Waals surface area contributed by atoms with Crippen molar-refractivity contribution in [1.29, 1.82) is 0 Å². The molecule has 0 unspecified atom stereocenters. The molecule has 0 radical (unpaired) electrons. The van der Waals surface area contributed by atoms with Crippen LogP contribution in [-0.4, -0.2) is 23.5 Å². The Morgan fingerprint density at radius 3 is 2.61 bits per heavy atom. The summed E-state index contributed by atoms with van der Waals surface area (Å²) in [5.41, 5.74) is 1.12. The highest BCUT2D eigenvalue weighted by Gasteiger charge is 2.13. The highest BCUT2D eigenvalue weighted by atomic mass is 35.5. The van der Waals surface area contributed by atoms with Gasteiger partial charge in [0.1, 0.15) is 0 Å². The van der Waals surface area contributed by atoms with Crippen LogP contribution in [0.5, 0.6) is 0 Å². The summed E-state index contributed by atoms with van der Waals surface area (Å²) in [7, 11) is 0. The van der Waals surface area contributed by atoms with Crippen LogP contribution in [0.15, 0.2) is 23.6 Å². The zero-order valence-electron chi connectivity index (χ0n) is 12.3. The van der Waals surface area contributed by atoms with Crippen molar-refractivity contribution >= 4 is 51.5 Å². The summed E-state index contributed by atoms with van der Waals surface area (Å²) in [4.78, 5) is 27.6. The van der Waals surface area contributed by atoms with E-state index in [1.54, 1.807) is 30.5 Å². The van der Waals surface area contributed by atoms with Crippen molar-refractivity contribution in [3.8, 4) is 0 Å². The molecule has 1 aromatic carbocycles. The first-order chi connectivity index (χ1) is 11.0. The molecule has 0 atom stereocenters. The smallest absolute Gasteiger partial charge is 0.311 e. The lowest BCUT2D eigenvalue weighted by Gasteiger charge is -2.06. The Morgan fingerprint density at radius 2 is 1.96 bits per heavy atom. The van der Waals surface area contributed by atoms with E-state index in [2.05, 4.69) is 10.3 Å². The first kappa shape index (κ1) is 17.7. The number of hydrogen-bond donors (Lipinski definition) is 1. The Kier molecular flexibility index (Phi) is 6.38. The molecule has 0 spiro atoms. The Balaban J connectivity index is 1.96. The van der Waals surface area contributed by atoms with Crippen molar-refractivity contribution in [2.75, 3.05) is 11.9 Å². The molecule has 0 aliphatic heterocycles. The normalized spacial score (nSPS) is 10.4. The highest BCUT2D eigenvalue weighted by Crippen LogP contribution is 2.25. The van der Waals surface area contributed by atoms with Gasteiger partial charge < -0.3 is 10.1 Å². The molecular formula is C15H14Cl2N2O3S. The third kappa shape index (κ3) is 5.20. The Morgan fingerprint density at radius 1 is 1.26 bits per heavy atom. The predicted molar refractivity (Wildman–Crippen MR) is 91.2 cm³/mol. The molecule has 122 valence electrons. The van der Waals surface area contributed by atoms with E-state index in [0.717, 1.165) is 0 Å². The molecule has 0 saturated carbocycles. The topological polar surface area (TPSA) is 68.3 Å². The fourth-order valence-electron chi connectivity index (χ4n) is 1.83. The van der Waals surface area contributed by atoms with Crippen molar-refractivity contribution in [2.45, 2.75) is 19.8 Å². The van der Waals surface area contributed by atoms with Gasteiger partial charge in [-0.25, -0.2) is 4.98 Å². The van der Waals surface area contributed by atoms with E-state index >= 15 is 0 Å². The fraction of sp³-hybridized carbons (Fsp3) is 0.267. The van der Waals surface area contributed by atoms with Crippen molar-refractivity contribution in [3.63, 3.8) is 0 Å². The monoisotopic (exact) mass is 372 g/mol. The van der Waals surface area contributed by atoms with Gasteiger partial charge in [-0.2, -0.15) is 0 Å². The summed E-state index contributed by atoms with van der Waals surface area (Å²) in [5, 5.41) is 5.67. The average Bonchev–Trinajstić information content (AvgIpc) is 2.90. The number of halogens is 2. The highest BCUT2D eigenvalue weighted by molar-refractivity contribution is 7.13. The zero-order valence-corrected chi connectivity index (χ0v) is 14.6. The van der Waals surface area contributed by atoms with E-state index in [4.69, 9.17) is 27.9 Å². The number of nitrogens with one attached hydrogen (secondary N) is 1. The fourth-order valence-corrected chi connectivity index (χ4v) is 3.09. The molecule has 1 N–H and O–H groups in total. The van der Waals surface area contributed by atoms with Crippen molar-refractivity contribution in [1.82, 2.24) is 4.98 Å². The van der Waals surface area contributed by atoms with Gasteiger partial charge >= 0.3 is 5.97 Å². The summed E-state index contributed by atoms with van der Waals surface area (Å²) in [5.74, 6) is -0.629. The van der Waals surface area contributed by atoms with Gasteiger partial charge in [0.25, 0.3) is 0 Å². The molecule has 1 heterocycles. The molecule has 2 rings (SSSR count). The number of thiazole rings is 1. The number of rotatable bonds is 6. The molecule has 23 heavy (non-hydrogen) atoms. The number of benzene rings is 1. The third-order valence-electron chi connectivity index (χ3n) is 2.83. The van der Waals surface area contributed by atoms with Gasteiger partial charge in [-0.15, -0.1) is 11.3 Å². The number of carbonyl (C=O) groups excluding carboxylic acids is 2. The van der Waals surface area contributed by atoms with E-state index in [1.165, 1.54) is 11.3 Å². The van der Waals surface area contributed by atoms with Crippen LogP contribution >= 0.6 is 34.5 Å². The predicted octanol–water partition coefficient (Wildman–Crippen LogP) is 3.74. The average molecular weight is 373 g/mol. The van der Waals surface area contributed by atoms with Gasteiger partial charge in [-0.05, 0) is 24.6 Å². The molecule has 2 aromatic rings. The number of esters is 1. The largest absolute Gasteiger partial charge is 0.466 e. The lowest BCUT2D eigenvalue weighted by Crippen LogP contribution is -2.15. The molecule has 8 heteroatoms. The number of anilines is 1. The second-order valence-corrected chi connectivity index (χ2v) is 6.22. The van der Waals surface area contributed by atoms with Crippen LogP contribution in [0.3, 0.4) is 0 Å². The summed E-state index contributed by atoms with van der Waals surface area (Å²) in [6, 6.07) is 5.07. The zero-order chi connectivity index (χ0) is 16.8. The van der Waals surface area contributed by atoms with Gasteiger partial charge in [-0.1, -0.05) is 29.3 Å². The maximum atomic E-state index is 12.1. The van der Waals surface area contributed by atoms with Gasteiger partial charge in [0.05, 0.1) is 25.1 Å². The first-order valence-electron chi connectivity index (χ1n) is 6.82. The van der Waals surface area contributed by atoms with Gasteiger partial charge in [0, 0.05) is 15.4 Å². The van der Waals surface area contributed by atoms with Crippen molar-refractivity contribution < 1.29 is 14.3 Å². The van der Waals surface area contributed by atoms with Crippen LogP contribution in [0.1, 0.15) is 18.2 Å². The van der Waals surface area contributed by atoms with E-state index in [0.29, 0.717) is 33.0 Å². The third-order valence-corrected chi connectivity index (χ3v) is 4.34. The van der Waals surface area contributed by atoms with E-state index in [9.17, 15) is 9.59 Å². The lowest BCUT2D eigenvalue weighted by atomic mass is 10.1. The van der Waals surface area contributed by atoms with Crippen LogP contribution in [0.4, 0.5) is 5.13 Å². The quantitative estimate of drug-likeness (QED) is 0.784. The number of ether oxygens (including phenoxy) is 1. The van der Waals surface area contributed by atoms with E-state index < -0.39 is 0 Å². The Hall–Kier alpha value is -1.63. The second kappa shape index (κ2) is 8.29. The summed E-state index contributed by atoms with van der Waals surface area (Å²) >= 11 is 13.3. The molecule has 1 amide bonds. The molecule has 0 saturated heterocycles. The van der Waals surface area contributed by atoms with Gasteiger partial charge in [0.2, 0.25) is 5.91 Å². The van der Waals surface area contributed by atoms with Crippen LogP contribution < -0.4 is 5.32 Å². The minimum atomic E-state index is -0.349. The van der Waals surface area contributed by atoms with E-state index in [1.807, 2.05) is 0 Å². The van der Waals surface area contributed by atoms with Crippen molar-refractivity contribution in [3.05, 3.63) is 44.9 Å². The number of amides is 1. The molecule has 0 aliphatic rings. The number of nitrogens with zero attached hydrogens (tertiary/aromatic N) is 1. The number of aromatic nitrogens is 1.